The molecule has 0 saturated carbocycles. The molecule has 0 radical (unpaired) electrons. The Labute approximate surface area is 154 Å². The third-order valence-corrected chi connectivity index (χ3v) is 4.06. The van der Waals surface area contributed by atoms with Gasteiger partial charge in [-0.15, -0.1) is 0 Å². The second kappa shape index (κ2) is 9.77. The summed E-state index contributed by atoms with van der Waals surface area (Å²) in [7, 11) is 1.59. The zero-order chi connectivity index (χ0) is 18.9. The van der Waals surface area contributed by atoms with Gasteiger partial charge in [0, 0.05) is 19.2 Å². The van der Waals surface area contributed by atoms with Crippen molar-refractivity contribution >= 4 is 11.8 Å². The molecular formula is C20H26N2O4. The Morgan fingerprint density at radius 1 is 1.15 bits per heavy atom. The number of nitrogens with zero attached hydrogens (tertiary/aromatic N) is 1. The molecule has 140 valence electrons. The lowest BCUT2D eigenvalue weighted by Gasteiger charge is -2.29. The summed E-state index contributed by atoms with van der Waals surface area (Å²) in [6, 6.07) is 11.9. The van der Waals surface area contributed by atoms with Crippen molar-refractivity contribution in [2.45, 2.75) is 26.4 Å². The fourth-order valence-electron chi connectivity index (χ4n) is 2.58. The number of hydrogen-bond donors (Lipinski definition) is 1. The van der Waals surface area contributed by atoms with Gasteiger partial charge in [0.2, 0.25) is 5.91 Å². The fourth-order valence-corrected chi connectivity index (χ4v) is 2.58. The molecule has 0 fully saturated rings. The van der Waals surface area contributed by atoms with Crippen LogP contribution < -0.4 is 5.32 Å². The highest BCUT2D eigenvalue weighted by atomic mass is 16.5. The lowest BCUT2D eigenvalue weighted by molar-refractivity contribution is -0.135. The fraction of sp³-hybridized carbons (Fsp3) is 0.400. The molecule has 0 aliphatic carbocycles. The van der Waals surface area contributed by atoms with E-state index in [4.69, 9.17) is 9.15 Å². The van der Waals surface area contributed by atoms with Crippen LogP contribution in [0.1, 0.15) is 30.0 Å². The summed E-state index contributed by atoms with van der Waals surface area (Å²) < 4.78 is 10.5. The Kier molecular flexibility index (Phi) is 7.41. The van der Waals surface area contributed by atoms with Gasteiger partial charge in [0.05, 0.1) is 19.4 Å². The zero-order valence-electron chi connectivity index (χ0n) is 15.5. The van der Waals surface area contributed by atoms with Crippen molar-refractivity contribution in [1.82, 2.24) is 10.2 Å². The molecule has 26 heavy (non-hydrogen) atoms. The number of benzene rings is 1. The Hall–Kier alpha value is -2.60. The molecule has 0 bridgehead atoms. The molecule has 6 heteroatoms. The molecule has 1 unspecified atom stereocenters. The van der Waals surface area contributed by atoms with Crippen LogP contribution in [-0.4, -0.2) is 43.0 Å². The number of hydrogen-bond acceptors (Lipinski definition) is 4. The van der Waals surface area contributed by atoms with Gasteiger partial charge in [-0.25, -0.2) is 0 Å². The van der Waals surface area contributed by atoms with E-state index in [0.717, 1.165) is 0 Å². The molecule has 2 aromatic rings. The second-order valence-electron chi connectivity index (χ2n) is 6.39. The summed E-state index contributed by atoms with van der Waals surface area (Å²) in [5, 5.41) is 2.87. The van der Waals surface area contributed by atoms with Crippen molar-refractivity contribution < 1.29 is 18.7 Å². The molecule has 2 rings (SSSR count). The average molecular weight is 358 g/mol. The molecule has 1 N–H and O–H groups in total. The first-order valence-electron chi connectivity index (χ1n) is 8.69. The van der Waals surface area contributed by atoms with E-state index in [9.17, 15) is 9.59 Å². The Morgan fingerprint density at radius 2 is 1.88 bits per heavy atom. The minimum Gasteiger partial charge on any atom is -0.467 e. The highest BCUT2D eigenvalue weighted by Crippen LogP contribution is 2.12. The summed E-state index contributed by atoms with van der Waals surface area (Å²) in [6.07, 6.45) is 1.57. The van der Waals surface area contributed by atoms with Gasteiger partial charge in [0.15, 0.2) is 0 Å². The first kappa shape index (κ1) is 19.7. The van der Waals surface area contributed by atoms with Crippen molar-refractivity contribution in [3.63, 3.8) is 0 Å². The van der Waals surface area contributed by atoms with Crippen molar-refractivity contribution in [1.29, 1.82) is 0 Å². The monoisotopic (exact) mass is 358 g/mol. The van der Waals surface area contributed by atoms with Crippen molar-refractivity contribution in [3.8, 4) is 0 Å². The summed E-state index contributed by atoms with van der Waals surface area (Å²) in [5.74, 6) is 0.211. The maximum absolute atomic E-state index is 13.1. The Morgan fingerprint density at radius 3 is 2.46 bits per heavy atom. The van der Waals surface area contributed by atoms with Crippen LogP contribution >= 0.6 is 0 Å². The van der Waals surface area contributed by atoms with Gasteiger partial charge in [-0.3, -0.25) is 9.59 Å². The first-order valence-corrected chi connectivity index (χ1v) is 8.69. The van der Waals surface area contributed by atoms with E-state index >= 15 is 0 Å². The standard InChI is InChI=1S/C20H26N2O4/c1-15(2)18(21-19(23)16-8-5-4-6-9-16)20(24)22(11-13-25-3)14-17-10-7-12-26-17/h4-10,12,15,18H,11,13-14H2,1-3H3,(H,21,23). The largest absolute Gasteiger partial charge is 0.467 e. The van der Waals surface area contributed by atoms with Crippen molar-refractivity contribution in [2.75, 3.05) is 20.3 Å². The summed E-state index contributed by atoms with van der Waals surface area (Å²) in [4.78, 5) is 27.2. The average Bonchev–Trinajstić information content (AvgIpc) is 3.16. The van der Waals surface area contributed by atoms with Gasteiger partial charge >= 0.3 is 0 Å². The van der Waals surface area contributed by atoms with E-state index in [2.05, 4.69) is 5.32 Å². The van der Waals surface area contributed by atoms with Crippen LogP contribution in [0.5, 0.6) is 0 Å². The minimum atomic E-state index is -0.630. The van der Waals surface area contributed by atoms with E-state index in [1.54, 1.807) is 48.6 Å². The molecule has 1 atom stereocenters. The van der Waals surface area contributed by atoms with Gasteiger partial charge in [-0.1, -0.05) is 32.0 Å². The molecule has 6 nitrogen and oxygen atoms in total. The van der Waals surface area contributed by atoms with E-state index in [-0.39, 0.29) is 17.7 Å². The molecule has 0 saturated heterocycles. The number of methoxy groups -OCH3 is 1. The number of carbonyl (C=O) groups is 2. The highest BCUT2D eigenvalue weighted by molar-refractivity contribution is 5.97. The smallest absolute Gasteiger partial charge is 0.251 e. The van der Waals surface area contributed by atoms with E-state index in [1.165, 1.54) is 0 Å². The summed E-state index contributed by atoms with van der Waals surface area (Å²) in [5.41, 5.74) is 0.528. The number of furan rings is 1. The maximum Gasteiger partial charge on any atom is 0.251 e. The zero-order valence-corrected chi connectivity index (χ0v) is 15.5. The van der Waals surface area contributed by atoms with Gasteiger partial charge in [0.25, 0.3) is 5.91 Å². The van der Waals surface area contributed by atoms with Crippen LogP contribution in [-0.2, 0) is 16.1 Å². The molecular weight excluding hydrogens is 332 g/mol. The van der Waals surface area contributed by atoms with Crippen LogP contribution in [0.15, 0.2) is 53.1 Å². The SMILES string of the molecule is COCCN(Cc1ccco1)C(=O)C(NC(=O)c1ccccc1)C(C)C. The third-order valence-electron chi connectivity index (χ3n) is 4.06. The Bertz CT molecular complexity index is 683. The van der Waals surface area contributed by atoms with Gasteiger partial charge in [-0.05, 0) is 30.2 Å². The first-order chi connectivity index (χ1) is 12.5. The number of amides is 2. The third kappa shape index (κ3) is 5.46. The lowest BCUT2D eigenvalue weighted by atomic mass is 10.0. The van der Waals surface area contributed by atoms with Gasteiger partial charge in [0.1, 0.15) is 11.8 Å². The molecule has 1 aromatic carbocycles. The quantitative estimate of drug-likeness (QED) is 0.748. The predicted molar refractivity (Wildman–Crippen MR) is 98.5 cm³/mol. The van der Waals surface area contributed by atoms with Gasteiger partial charge < -0.3 is 19.4 Å². The highest BCUT2D eigenvalue weighted by Gasteiger charge is 2.29. The molecule has 0 spiro atoms. The minimum absolute atomic E-state index is 0.0585. The topological polar surface area (TPSA) is 71.8 Å². The molecule has 1 heterocycles. The number of rotatable bonds is 9. The van der Waals surface area contributed by atoms with Crippen molar-refractivity contribution in [2.24, 2.45) is 5.92 Å². The van der Waals surface area contributed by atoms with Crippen molar-refractivity contribution in [3.05, 3.63) is 60.1 Å². The molecule has 0 aliphatic heterocycles. The number of carbonyl (C=O) groups excluding carboxylic acids is 2. The lowest BCUT2D eigenvalue weighted by Crippen LogP contribution is -2.51. The normalized spacial score (nSPS) is 12.0. The maximum atomic E-state index is 13.1. The van der Waals surface area contributed by atoms with Crippen LogP contribution in [0.4, 0.5) is 0 Å². The number of ether oxygens (including phenoxy) is 1. The molecule has 2 amide bonds. The van der Waals surface area contributed by atoms with E-state index in [1.807, 2.05) is 26.0 Å². The summed E-state index contributed by atoms with van der Waals surface area (Å²) >= 11 is 0. The molecule has 1 aromatic heterocycles. The van der Waals surface area contributed by atoms with Crippen LogP contribution in [0, 0.1) is 5.92 Å². The van der Waals surface area contributed by atoms with Crippen LogP contribution in [0.25, 0.3) is 0 Å². The predicted octanol–water partition coefficient (Wildman–Crippen LogP) is 2.71. The summed E-state index contributed by atoms with van der Waals surface area (Å²) in [6.45, 7) is 4.98. The van der Waals surface area contributed by atoms with Gasteiger partial charge in [-0.2, -0.15) is 0 Å². The van der Waals surface area contributed by atoms with E-state index < -0.39 is 6.04 Å². The Balaban J connectivity index is 2.13. The van der Waals surface area contributed by atoms with Crippen LogP contribution in [0.3, 0.4) is 0 Å². The van der Waals surface area contributed by atoms with Crippen LogP contribution in [0.2, 0.25) is 0 Å². The molecule has 0 aliphatic rings. The van der Waals surface area contributed by atoms with E-state index in [0.29, 0.717) is 31.0 Å². The number of nitrogens with one attached hydrogen (secondary N) is 1. The second-order valence-corrected chi connectivity index (χ2v) is 6.39.